The maximum atomic E-state index is 13.0. The van der Waals surface area contributed by atoms with Crippen LogP contribution in [-0.4, -0.2) is 39.8 Å². The molecule has 144 valence electrons. The normalized spacial score (nSPS) is 21.1. The number of alkyl halides is 1. The third kappa shape index (κ3) is 5.32. The van der Waals surface area contributed by atoms with Crippen molar-refractivity contribution in [1.29, 1.82) is 0 Å². The molecule has 1 aliphatic heterocycles. The molecular formula is C20H29BrN2O3. The number of hydrogen-bond donors (Lipinski definition) is 2. The van der Waals surface area contributed by atoms with E-state index in [4.69, 9.17) is 4.74 Å². The lowest BCUT2D eigenvalue weighted by molar-refractivity contribution is -0.151. The number of halogens is 1. The van der Waals surface area contributed by atoms with Crippen molar-refractivity contribution in [3.8, 4) is 0 Å². The fourth-order valence-corrected chi connectivity index (χ4v) is 3.44. The molecule has 1 aliphatic rings. The Morgan fingerprint density at radius 2 is 1.92 bits per heavy atom. The minimum absolute atomic E-state index is 0.353. The number of nitrogens with zero attached hydrogens (tertiary/aromatic N) is 1. The van der Waals surface area contributed by atoms with Crippen LogP contribution in [0, 0.1) is 0 Å². The van der Waals surface area contributed by atoms with Gasteiger partial charge in [0.25, 0.3) is 0 Å². The molecule has 0 bridgehead atoms. The topological polar surface area (TPSA) is 61.8 Å². The first-order chi connectivity index (χ1) is 12.2. The van der Waals surface area contributed by atoms with E-state index < -0.39 is 18.0 Å². The molecule has 1 aromatic rings. The van der Waals surface area contributed by atoms with E-state index in [9.17, 15) is 9.90 Å². The summed E-state index contributed by atoms with van der Waals surface area (Å²) >= 11 is 3.43. The quantitative estimate of drug-likeness (QED) is 0.414. The van der Waals surface area contributed by atoms with Crippen molar-refractivity contribution < 1.29 is 14.6 Å². The fraction of sp³-hybridized carbons (Fsp3) is 0.550. The summed E-state index contributed by atoms with van der Waals surface area (Å²) in [5, 5.41) is 14.7. The molecule has 0 radical (unpaired) electrons. The van der Waals surface area contributed by atoms with Crippen LogP contribution in [0.4, 0.5) is 0 Å². The Morgan fingerprint density at radius 1 is 1.27 bits per heavy atom. The third-order valence-electron chi connectivity index (χ3n) is 4.25. The van der Waals surface area contributed by atoms with Crippen molar-refractivity contribution >= 4 is 21.9 Å². The monoisotopic (exact) mass is 424 g/mol. The summed E-state index contributed by atoms with van der Waals surface area (Å²) in [7, 11) is 0. The molecule has 0 saturated heterocycles. The predicted molar refractivity (Wildman–Crippen MR) is 107 cm³/mol. The van der Waals surface area contributed by atoms with E-state index in [2.05, 4.69) is 21.2 Å². The van der Waals surface area contributed by atoms with Crippen LogP contribution < -0.4 is 5.32 Å². The Balaban J connectivity index is 2.40. The average molecular weight is 425 g/mol. The van der Waals surface area contributed by atoms with Gasteiger partial charge in [-0.3, -0.25) is 5.32 Å². The summed E-state index contributed by atoms with van der Waals surface area (Å²) in [6.45, 7) is 8.12. The number of aliphatic hydroxyl groups excluding tert-OH is 1. The van der Waals surface area contributed by atoms with E-state index in [1.165, 1.54) is 0 Å². The zero-order chi connectivity index (χ0) is 19.3. The lowest BCUT2D eigenvalue weighted by Crippen LogP contribution is -2.52. The fourth-order valence-electron chi connectivity index (χ4n) is 3.04. The molecule has 0 aliphatic carbocycles. The van der Waals surface area contributed by atoms with Crippen LogP contribution in [0.15, 0.2) is 41.6 Å². The lowest BCUT2D eigenvalue weighted by atomic mass is 9.94. The van der Waals surface area contributed by atoms with Gasteiger partial charge in [0.05, 0.1) is 11.6 Å². The number of allylic oxidation sites excluding steroid dienone is 1. The summed E-state index contributed by atoms with van der Waals surface area (Å²) in [4.78, 5) is 14.8. The molecule has 0 fully saturated rings. The van der Waals surface area contributed by atoms with Crippen molar-refractivity contribution in [3.63, 3.8) is 0 Å². The van der Waals surface area contributed by atoms with Crippen LogP contribution in [0.25, 0.3) is 0 Å². The number of nitrogens with one attached hydrogen (secondary N) is 1. The first-order valence-electron chi connectivity index (χ1n) is 9.00. The van der Waals surface area contributed by atoms with E-state index in [1.807, 2.05) is 62.9 Å². The average Bonchev–Trinajstić information content (AvgIpc) is 2.56. The van der Waals surface area contributed by atoms with Gasteiger partial charge in [0.15, 0.2) is 6.35 Å². The second-order valence-corrected chi connectivity index (χ2v) is 8.27. The molecule has 26 heavy (non-hydrogen) atoms. The second kappa shape index (κ2) is 9.02. The van der Waals surface area contributed by atoms with Crippen molar-refractivity contribution in [2.45, 2.75) is 58.5 Å². The highest BCUT2D eigenvalue weighted by Gasteiger charge is 2.37. The minimum atomic E-state index is -0.846. The Kier molecular flexibility index (Phi) is 7.26. The number of rotatable bonds is 6. The predicted octanol–water partition coefficient (Wildman–Crippen LogP) is 3.70. The number of hydrogen-bond acceptors (Lipinski definition) is 5. The molecule has 2 N–H and O–H groups in total. The molecular weight excluding hydrogens is 396 g/mol. The number of unbranched alkanes of at least 4 members (excludes halogenated alkanes) is 1. The summed E-state index contributed by atoms with van der Waals surface area (Å²) in [5.74, 6) is -0.353. The molecule has 2 unspecified atom stereocenters. The van der Waals surface area contributed by atoms with E-state index >= 15 is 0 Å². The number of ether oxygens (including phenoxy) is 1. The Hall–Kier alpha value is -1.37. The SMILES string of the molecule is CC1=C(C(=O)OC(C)(C)C)C(c2ccccc2)NC(O)N1CCCCBr. The van der Waals surface area contributed by atoms with Crippen molar-refractivity contribution in [3.05, 3.63) is 47.2 Å². The van der Waals surface area contributed by atoms with Gasteiger partial charge in [-0.2, -0.15) is 0 Å². The van der Waals surface area contributed by atoms with E-state index in [-0.39, 0.29) is 5.97 Å². The van der Waals surface area contributed by atoms with Crippen LogP contribution in [0.1, 0.15) is 52.1 Å². The van der Waals surface area contributed by atoms with Gasteiger partial charge in [-0.1, -0.05) is 46.3 Å². The van der Waals surface area contributed by atoms with Gasteiger partial charge in [0, 0.05) is 17.6 Å². The molecule has 1 aromatic carbocycles. The van der Waals surface area contributed by atoms with E-state index in [1.54, 1.807) is 0 Å². The lowest BCUT2D eigenvalue weighted by Gasteiger charge is -2.41. The highest BCUT2D eigenvalue weighted by atomic mass is 79.9. The highest BCUT2D eigenvalue weighted by molar-refractivity contribution is 9.09. The Labute approximate surface area is 164 Å². The Morgan fingerprint density at radius 3 is 2.50 bits per heavy atom. The first-order valence-corrected chi connectivity index (χ1v) is 10.1. The van der Waals surface area contributed by atoms with Crippen LogP contribution >= 0.6 is 15.9 Å². The third-order valence-corrected chi connectivity index (χ3v) is 4.82. The number of carbonyl (C=O) groups is 1. The van der Waals surface area contributed by atoms with Gasteiger partial charge in [0.1, 0.15) is 5.60 Å². The molecule has 0 saturated carbocycles. The van der Waals surface area contributed by atoms with Gasteiger partial charge in [-0.05, 0) is 46.1 Å². The molecule has 6 heteroatoms. The van der Waals surface area contributed by atoms with Crippen molar-refractivity contribution in [2.24, 2.45) is 0 Å². The summed E-state index contributed by atoms with van der Waals surface area (Å²) in [6.07, 6.45) is 1.07. The van der Waals surface area contributed by atoms with Crippen LogP contribution in [0.3, 0.4) is 0 Å². The van der Waals surface area contributed by atoms with E-state index in [0.29, 0.717) is 12.1 Å². The van der Waals surface area contributed by atoms with Gasteiger partial charge in [-0.25, -0.2) is 4.79 Å². The first kappa shape index (κ1) is 20.9. The molecule has 0 spiro atoms. The maximum absolute atomic E-state index is 13.0. The molecule has 2 atom stereocenters. The number of esters is 1. The summed E-state index contributed by atoms with van der Waals surface area (Å²) in [6, 6.07) is 9.26. The molecule has 0 amide bonds. The maximum Gasteiger partial charge on any atom is 0.338 e. The van der Waals surface area contributed by atoms with Crippen LogP contribution in [-0.2, 0) is 9.53 Å². The summed E-state index contributed by atoms with van der Waals surface area (Å²) in [5.41, 5.74) is 1.65. The van der Waals surface area contributed by atoms with E-state index in [0.717, 1.165) is 29.4 Å². The summed E-state index contributed by atoms with van der Waals surface area (Å²) < 4.78 is 5.66. The molecule has 2 rings (SSSR count). The minimum Gasteiger partial charge on any atom is -0.457 e. The molecule has 0 aromatic heterocycles. The zero-order valence-corrected chi connectivity index (χ0v) is 17.5. The standard InChI is InChI=1S/C20H29BrN2O3/c1-14-16(18(24)26-20(2,3)4)17(15-10-6-5-7-11-15)22-19(25)23(14)13-9-8-12-21/h5-7,10-11,17,19,22,25H,8-9,12-13H2,1-4H3. The Bertz CT molecular complexity index is 640. The number of carbonyl (C=O) groups excluding carboxylic acids is 1. The largest absolute Gasteiger partial charge is 0.457 e. The van der Waals surface area contributed by atoms with Crippen LogP contribution in [0.2, 0.25) is 0 Å². The van der Waals surface area contributed by atoms with Gasteiger partial charge >= 0.3 is 5.97 Å². The molecule has 5 nitrogen and oxygen atoms in total. The second-order valence-electron chi connectivity index (χ2n) is 7.47. The van der Waals surface area contributed by atoms with Gasteiger partial charge in [0.2, 0.25) is 0 Å². The molecule has 1 heterocycles. The van der Waals surface area contributed by atoms with Gasteiger partial charge < -0.3 is 14.7 Å². The van der Waals surface area contributed by atoms with Gasteiger partial charge in [-0.15, -0.1) is 0 Å². The van der Waals surface area contributed by atoms with Crippen molar-refractivity contribution in [2.75, 3.05) is 11.9 Å². The van der Waals surface area contributed by atoms with Crippen molar-refractivity contribution in [1.82, 2.24) is 10.2 Å². The van der Waals surface area contributed by atoms with Crippen LogP contribution in [0.5, 0.6) is 0 Å². The zero-order valence-electron chi connectivity index (χ0n) is 16.0. The number of aliphatic hydroxyl groups is 1. The highest BCUT2D eigenvalue weighted by Crippen LogP contribution is 2.33. The smallest absolute Gasteiger partial charge is 0.338 e. The number of benzene rings is 1.